The predicted octanol–water partition coefficient (Wildman–Crippen LogP) is -0.0157. The lowest BCUT2D eigenvalue weighted by molar-refractivity contribution is -0.149. The number of piperidine rings is 1. The Morgan fingerprint density at radius 3 is 2.84 bits per heavy atom. The van der Waals surface area contributed by atoms with Crippen molar-refractivity contribution in [3.63, 3.8) is 0 Å². The number of nitrogens with zero attached hydrogens (tertiary/aromatic N) is 1. The topological polar surface area (TPSA) is 61.8 Å². The maximum Gasteiger partial charge on any atom is 0.226 e. The Morgan fingerprint density at radius 2 is 2.16 bits per heavy atom. The van der Waals surface area contributed by atoms with E-state index in [-0.39, 0.29) is 30.6 Å². The van der Waals surface area contributed by atoms with E-state index in [1.165, 1.54) is 0 Å². The summed E-state index contributed by atoms with van der Waals surface area (Å²) in [7, 11) is 0. The number of ether oxygens (including phenoxy) is 1. The van der Waals surface area contributed by atoms with E-state index in [0.717, 1.165) is 32.4 Å². The fraction of sp³-hybridized carbons (Fsp3) is 0.929. The Hall–Kier alpha value is -0.650. The molecule has 0 aromatic carbocycles. The lowest BCUT2D eigenvalue weighted by Crippen LogP contribution is -2.51. The summed E-state index contributed by atoms with van der Waals surface area (Å²) in [6, 6.07) is 0. The van der Waals surface area contributed by atoms with Crippen LogP contribution in [0.5, 0.6) is 0 Å². The summed E-state index contributed by atoms with van der Waals surface area (Å²) >= 11 is 0. The van der Waals surface area contributed by atoms with Crippen LogP contribution in [0.3, 0.4) is 0 Å². The van der Waals surface area contributed by atoms with Gasteiger partial charge in [-0.05, 0) is 44.7 Å². The number of hydrogen-bond acceptors (Lipinski definition) is 4. The summed E-state index contributed by atoms with van der Waals surface area (Å²) in [6.45, 7) is 5.26. The number of hydrogen-bond donors (Lipinski definition) is 2. The number of amides is 1. The first-order chi connectivity index (χ1) is 9.14. The number of rotatable bonds is 2. The molecule has 0 radical (unpaired) electrons. The molecule has 2 N–H and O–H groups in total. The smallest absolute Gasteiger partial charge is 0.226 e. The molecule has 3 rings (SSSR count). The molecule has 3 unspecified atom stereocenters. The minimum absolute atomic E-state index is 0.00610. The number of carbonyl (C=O) groups is 1. The van der Waals surface area contributed by atoms with E-state index < -0.39 is 0 Å². The number of morpholine rings is 1. The monoisotopic (exact) mass is 268 g/mol. The molecule has 19 heavy (non-hydrogen) atoms. The first-order valence-corrected chi connectivity index (χ1v) is 7.40. The van der Waals surface area contributed by atoms with Crippen molar-refractivity contribution >= 4 is 5.91 Å². The van der Waals surface area contributed by atoms with Crippen LogP contribution in [0.2, 0.25) is 0 Å². The standard InChI is InChI=1S/C14H24N2O3/c1-10-7-16(8-11(9-17)19-10)13(18)12-6-14(12)2-4-15-5-3-14/h10-12,15,17H,2-9H2,1H3. The van der Waals surface area contributed by atoms with Gasteiger partial charge in [-0.1, -0.05) is 0 Å². The van der Waals surface area contributed by atoms with Gasteiger partial charge in [0, 0.05) is 19.0 Å². The zero-order chi connectivity index (χ0) is 13.5. The molecule has 3 aliphatic rings. The molecule has 0 aromatic heterocycles. The van der Waals surface area contributed by atoms with Crippen LogP contribution in [0, 0.1) is 11.3 Å². The summed E-state index contributed by atoms with van der Waals surface area (Å²) in [5.41, 5.74) is 0.290. The second kappa shape index (κ2) is 5.04. The van der Waals surface area contributed by atoms with E-state index in [9.17, 15) is 9.90 Å². The van der Waals surface area contributed by atoms with Crippen molar-refractivity contribution in [2.24, 2.45) is 11.3 Å². The van der Waals surface area contributed by atoms with Crippen LogP contribution in [-0.4, -0.2) is 60.9 Å². The summed E-state index contributed by atoms with van der Waals surface area (Å²) in [6.07, 6.45) is 3.13. The van der Waals surface area contributed by atoms with Gasteiger partial charge in [0.1, 0.15) is 0 Å². The van der Waals surface area contributed by atoms with Gasteiger partial charge in [-0.15, -0.1) is 0 Å². The van der Waals surface area contributed by atoms with Gasteiger partial charge >= 0.3 is 0 Å². The molecule has 1 amide bonds. The Bertz CT molecular complexity index is 355. The van der Waals surface area contributed by atoms with Gasteiger partial charge in [0.15, 0.2) is 0 Å². The van der Waals surface area contributed by atoms with E-state index in [1.807, 2.05) is 11.8 Å². The molecule has 5 heteroatoms. The Labute approximate surface area is 114 Å². The van der Waals surface area contributed by atoms with Crippen LogP contribution in [-0.2, 0) is 9.53 Å². The molecule has 1 saturated carbocycles. The van der Waals surface area contributed by atoms with Crippen molar-refractivity contribution in [1.29, 1.82) is 0 Å². The highest BCUT2D eigenvalue weighted by atomic mass is 16.5. The lowest BCUT2D eigenvalue weighted by atomic mass is 9.91. The molecule has 1 spiro atoms. The Balaban J connectivity index is 1.61. The van der Waals surface area contributed by atoms with Gasteiger partial charge in [-0.3, -0.25) is 4.79 Å². The minimum atomic E-state index is -0.213. The number of aliphatic hydroxyl groups is 1. The highest BCUT2D eigenvalue weighted by Crippen LogP contribution is 2.59. The normalized spacial score (nSPS) is 37.4. The maximum atomic E-state index is 12.6. The third kappa shape index (κ3) is 2.51. The van der Waals surface area contributed by atoms with Gasteiger partial charge in [0.05, 0.1) is 18.8 Å². The van der Waals surface area contributed by atoms with E-state index >= 15 is 0 Å². The number of carbonyl (C=O) groups excluding carboxylic acids is 1. The lowest BCUT2D eigenvalue weighted by Gasteiger charge is -2.37. The summed E-state index contributed by atoms with van der Waals surface area (Å²) in [5, 5.41) is 12.6. The molecular weight excluding hydrogens is 244 g/mol. The van der Waals surface area contributed by atoms with Crippen molar-refractivity contribution in [3.05, 3.63) is 0 Å². The Kier molecular flexibility index (Phi) is 3.53. The van der Waals surface area contributed by atoms with Crippen LogP contribution in [0.25, 0.3) is 0 Å². The highest BCUT2D eigenvalue weighted by molar-refractivity contribution is 5.83. The zero-order valence-electron chi connectivity index (χ0n) is 11.6. The molecule has 0 bridgehead atoms. The minimum Gasteiger partial charge on any atom is -0.394 e. The summed E-state index contributed by atoms with van der Waals surface area (Å²) < 4.78 is 5.60. The van der Waals surface area contributed by atoms with Gasteiger partial charge in [0.2, 0.25) is 5.91 Å². The van der Waals surface area contributed by atoms with Crippen molar-refractivity contribution in [2.45, 2.75) is 38.4 Å². The van der Waals surface area contributed by atoms with Crippen LogP contribution in [0.1, 0.15) is 26.2 Å². The average molecular weight is 268 g/mol. The van der Waals surface area contributed by atoms with Crippen LogP contribution in [0.15, 0.2) is 0 Å². The van der Waals surface area contributed by atoms with Crippen molar-refractivity contribution < 1.29 is 14.6 Å². The van der Waals surface area contributed by atoms with Crippen molar-refractivity contribution in [3.8, 4) is 0 Å². The SMILES string of the molecule is CC1CN(C(=O)C2CC23CCNCC3)CC(CO)O1. The largest absolute Gasteiger partial charge is 0.394 e. The van der Waals surface area contributed by atoms with Crippen LogP contribution < -0.4 is 5.32 Å². The average Bonchev–Trinajstić information content (AvgIpc) is 3.11. The predicted molar refractivity (Wildman–Crippen MR) is 70.6 cm³/mol. The second-order valence-electron chi connectivity index (χ2n) is 6.36. The molecule has 3 fully saturated rings. The van der Waals surface area contributed by atoms with Gasteiger partial charge in [-0.25, -0.2) is 0 Å². The van der Waals surface area contributed by atoms with Crippen LogP contribution >= 0.6 is 0 Å². The molecule has 2 saturated heterocycles. The molecule has 3 atom stereocenters. The van der Waals surface area contributed by atoms with E-state index in [4.69, 9.17) is 4.74 Å². The third-order valence-corrected chi connectivity index (χ3v) is 4.93. The molecule has 0 aromatic rings. The maximum absolute atomic E-state index is 12.6. The molecular formula is C14H24N2O3. The first kappa shape index (κ1) is 13.3. The van der Waals surface area contributed by atoms with Gasteiger partial charge in [0.25, 0.3) is 0 Å². The van der Waals surface area contributed by atoms with Gasteiger partial charge < -0.3 is 20.1 Å². The summed E-state index contributed by atoms with van der Waals surface area (Å²) in [4.78, 5) is 14.5. The zero-order valence-corrected chi connectivity index (χ0v) is 11.6. The van der Waals surface area contributed by atoms with E-state index in [2.05, 4.69) is 5.32 Å². The van der Waals surface area contributed by atoms with Gasteiger partial charge in [-0.2, -0.15) is 0 Å². The second-order valence-corrected chi connectivity index (χ2v) is 6.36. The molecule has 108 valence electrons. The van der Waals surface area contributed by atoms with Crippen molar-refractivity contribution in [2.75, 3.05) is 32.8 Å². The van der Waals surface area contributed by atoms with Crippen molar-refractivity contribution in [1.82, 2.24) is 10.2 Å². The molecule has 1 aliphatic carbocycles. The number of aliphatic hydroxyl groups excluding tert-OH is 1. The molecule has 2 aliphatic heterocycles. The van der Waals surface area contributed by atoms with Crippen LogP contribution in [0.4, 0.5) is 0 Å². The van der Waals surface area contributed by atoms with E-state index in [0.29, 0.717) is 18.5 Å². The molecule has 5 nitrogen and oxygen atoms in total. The summed E-state index contributed by atoms with van der Waals surface area (Å²) in [5.74, 6) is 0.509. The fourth-order valence-corrected chi connectivity index (χ4v) is 3.72. The quantitative estimate of drug-likeness (QED) is 0.739. The number of nitrogens with one attached hydrogen (secondary N) is 1. The van der Waals surface area contributed by atoms with E-state index in [1.54, 1.807) is 0 Å². The fourth-order valence-electron chi connectivity index (χ4n) is 3.72. The molecule has 2 heterocycles. The third-order valence-electron chi connectivity index (χ3n) is 4.93. The Morgan fingerprint density at radius 1 is 1.42 bits per heavy atom. The first-order valence-electron chi connectivity index (χ1n) is 7.40. The highest BCUT2D eigenvalue weighted by Gasteiger charge is 2.58.